The Kier molecular flexibility index (Phi) is 6.27. The summed E-state index contributed by atoms with van der Waals surface area (Å²) in [6.45, 7) is 1.38. The number of nitrogens with one attached hydrogen (secondary N) is 1. The first-order valence-electron chi connectivity index (χ1n) is 10.3. The molecule has 0 radical (unpaired) electrons. The van der Waals surface area contributed by atoms with Gasteiger partial charge in [0.05, 0.1) is 22.1 Å². The zero-order chi connectivity index (χ0) is 23.0. The van der Waals surface area contributed by atoms with Crippen LogP contribution in [0.2, 0.25) is 0 Å². The van der Waals surface area contributed by atoms with E-state index < -0.39 is 18.2 Å². The fourth-order valence-corrected chi connectivity index (χ4v) is 4.63. The molecule has 10 heteroatoms. The molecule has 0 bridgehead atoms. The molecule has 9 nitrogen and oxygen atoms in total. The van der Waals surface area contributed by atoms with Crippen molar-refractivity contribution in [2.45, 2.75) is 44.4 Å². The van der Waals surface area contributed by atoms with E-state index in [1.807, 2.05) is 24.3 Å². The van der Waals surface area contributed by atoms with Gasteiger partial charge in [0.15, 0.2) is 5.78 Å². The largest absolute Gasteiger partial charge is 0.390 e. The van der Waals surface area contributed by atoms with Gasteiger partial charge in [-0.1, -0.05) is 12.1 Å². The number of aryl methyl sites for hydroxylation is 1. The standard InChI is InChI=1S/C22H25BrN6O3/c1-10(30)17-21(25)26-9-27-22(17)29-16-8-13(18(31)19(16)32)5-3-11-2-4-12-7-14(23)20(24)28-15(12)6-11/h2,4,6-7,9,13,16,18-19,31-32H,3,5,8H2,1H3,(H2,24,28)(H3,25,26,27,29)/t13-,16+,18+,19-/m0/s1. The first-order valence-corrected chi connectivity index (χ1v) is 11.1. The first-order chi connectivity index (χ1) is 15.2. The highest BCUT2D eigenvalue weighted by Crippen LogP contribution is 2.33. The number of aliphatic hydroxyl groups excluding tert-OH is 2. The SMILES string of the molecule is CC(=O)c1c(N)ncnc1N[C@@H]1C[C@H](CCc2ccc3cc(Br)c(N)nc3c2)[C@@H](O)[C@H]1O. The predicted molar refractivity (Wildman–Crippen MR) is 126 cm³/mol. The number of nitrogens with zero attached hydrogens (tertiary/aromatic N) is 3. The molecule has 2 heterocycles. The Morgan fingerprint density at radius 1 is 1.19 bits per heavy atom. The van der Waals surface area contributed by atoms with Crippen molar-refractivity contribution in [3.05, 3.63) is 46.2 Å². The van der Waals surface area contributed by atoms with Crippen LogP contribution in [0.4, 0.5) is 17.5 Å². The van der Waals surface area contributed by atoms with Crippen molar-refractivity contribution in [1.82, 2.24) is 15.0 Å². The number of aliphatic hydroxyl groups is 2. The maximum Gasteiger partial charge on any atom is 0.167 e. The molecule has 0 amide bonds. The van der Waals surface area contributed by atoms with E-state index in [4.69, 9.17) is 11.5 Å². The number of carbonyl (C=O) groups is 1. The molecule has 1 fully saturated rings. The van der Waals surface area contributed by atoms with Crippen LogP contribution in [0, 0.1) is 5.92 Å². The van der Waals surface area contributed by atoms with E-state index in [2.05, 4.69) is 36.2 Å². The van der Waals surface area contributed by atoms with Gasteiger partial charge in [0.1, 0.15) is 35.4 Å². The maximum absolute atomic E-state index is 11.9. The van der Waals surface area contributed by atoms with Gasteiger partial charge in [-0.05, 0) is 65.7 Å². The minimum absolute atomic E-state index is 0.0807. The summed E-state index contributed by atoms with van der Waals surface area (Å²) in [5, 5.41) is 25.3. The number of fused-ring (bicyclic) bond motifs is 1. The summed E-state index contributed by atoms with van der Waals surface area (Å²) in [5.41, 5.74) is 13.8. The second kappa shape index (κ2) is 8.97. The van der Waals surface area contributed by atoms with E-state index in [-0.39, 0.29) is 28.9 Å². The number of benzene rings is 1. The Labute approximate surface area is 193 Å². The van der Waals surface area contributed by atoms with Gasteiger partial charge in [-0.15, -0.1) is 0 Å². The fraction of sp³-hybridized carbons (Fsp3) is 0.364. The zero-order valence-corrected chi connectivity index (χ0v) is 19.1. The van der Waals surface area contributed by atoms with Crippen molar-refractivity contribution in [2.75, 3.05) is 16.8 Å². The summed E-state index contributed by atoms with van der Waals surface area (Å²) < 4.78 is 0.762. The number of pyridine rings is 1. The third kappa shape index (κ3) is 4.38. The lowest BCUT2D eigenvalue weighted by Crippen LogP contribution is -2.35. The van der Waals surface area contributed by atoms with Crippen LogP contribution in [0.25, 0.3) is 10.9 Å². The van der Waals surface area contributed by atoms with Gasteiger partial charge >= 0.3 is 0 Å². The van der Waals surface area contributed by atoms with E-state index in [0.717, 1.165) is 20.9 Å². The molecule has 32 heavy (non-hydrogen) atoms. The predicted octanol–water partition coefficient (Wildman–Crippen LogP) is 2.31. The van der Waals surface area contributed by atoms with Crippen LogP contribution in [0.3, 0.4) is 0 Å². The number of hydrogen-bond donors (Lipinski definition) is 5. The lowest BCUT2D eigenvalue weighted by atomic mass is 9.95. The van der Waals surface area contributed by atoms with E-state index in [0.29, 0.717) is 25.1 Å². The third-order valence-electron chi connectivity index (χ3n) is 6.02. The molecule has 4 atom stereocenters. The van der Waals surface area contributed by atoms with E-state index in [1.165, 1.54) is 13.3 Å². The number of carbonyl (C=O) groups excluding carboxylic acids is 1. The third-order valence-corrected chi connectivity index (χ3v) is 6.65. The first kappa shape index (κ1) is 22.4. The van der Waals surface area contributed by atoms with Crippen LogP contribution >= 0.6 is 15.9 Å². The molecule has 168 valence electrons. The summed E-state index contributed by atoms with van der Waals surface area (Å²) in [4.78, 5) is 24.3. The van der Waals surface area contributed by atoms with Crippen molar-refractivity contribution < 1.29 is 15.0 Å². The molecule has 0 saturated heterocycles. The Morgan fingerprint density at radius 3 is 2.72 bits per heavy atom. The molecular weight excluding hydrogens is 476 g/mol. The van der Waals surface area contributed by atoms with Crippen molar-refractivity contribution >= 4 is 50.1 Å². The summed E-state index contributed by atoms with van der Waals surface area (Å²) in [7, 11) is 0. The van der Waals surface area contributed by atoms with Gasteiger partial charge in [0.25, 0.3) is 0 Å². The van der Waals surface area contributed by atoms with Gasteiger partial charge in [0, 0.05) is 5.39 Å². The summed E-state index contributed by atoms with van der Waals surface area (Å²) >= 11 is 3.39. The molecule has 1 saturated carbocycles. The highest BCUT2D eigenvalue weighted by molar-refractivity contribution is 9.10. The molecule has 7 N–H and O–H groups in total. The molecule has 3 aromatic rings. The average molecular weight is 501 g/mol. The van der Waals surface area contributed by atoms with Crippen LogP contribution in [-0.4, -0.2) is 49.2 Å². The number of halogens is 1. The van der Waals surface area contributed by atoms with Crippen LogP contribution in [-0.2, 0) is 6.42 Å². The average Bonchev–Trinajstić information content (AvgIpc) is 3.01. The van der Waals surface area contributed by atoms with Crippen LogP contribution in [0.1, 0.15) is 35.7 Å². The van der Waals surface area contributed by atoms with Crippen molar-refractivity contribution in [2.24, 2.45) is 5.92 Å². The van der Waals surface area contributed by atoms with E-state index >= 15 is 0 Å². The molecule has 0 unspecified atom stereocenters. The van der Waals surface area contributed by atoms with Crippen LogP contribution in [0.15, 0.2) is 35.1 Å². The topological polar surface area (TPSA) is 160 Å². The fourth-order valence-electron chi connectivity index (χ4n) is 4.30. The molecular formula is C22H25BrN6O3. The van der Waals surface area contributed by atoms with E-state index in [9.17, 15) is 15.0 Å². The maximum atomic E-state index is 11.9. The Hall–Kier alpha value is -2.82. The Balaban J connectivity index is 1.45. The number of Topliss-reactive ketones (excluding diaryl/α,β-unsaturated/α-hetero) is 1. The minimum atomic E-state index is -0.994. The summed E-state index contributed by atoms with van der Waals surface area (Å²) in [5.74, 6) is 0.394. The summed E-state index contributed by atoms with van der Waals surface area (Å²) in [6, 6.07) is 7.49. The second-order valence-electron chi connectivity index (χ2n) is 8.19. The van der Waals surface area contributed by atoms with E-state index in [1.54, 1.807) is 0 Å². The molecule has 1 aliphatic carbocycles. The number of aromatic nitrogens is 3. The Bertz CT molecular complexity index is 1170. The molecule has 0 spiro atoms. The van der Waals surface area contributed by atoms with Gasteiger partial charge in [-0.25, -0.2) is 15.0 Å². The molecule has 1 aliphatic rings. The molecule has 2 aromatic heterocycles. The number of nitrogens with two attached hydrogens (primary N) is 2. The van der Waals surface area contributed by atoms with Crippen molar-refractivity contribution in [3.8, 4) is 0 Å². The highest BCUT2D eigenvalue weighted by Gasteiger charge is 2.41. The highest BCUT2D eigenvalue weighted by atomic mass is 79.9. The molecule has 4 rings (SSSR count). The number of anilines is 3. The van der Waals surface area contributed by atoms with Crippen molar-refractivity contribution in [3.63, 3.8) is 0 Å². The smallest absolute Gasteiger partial charge is 0.167 e. The monoisotopic (exact) mass is 500 g/mol. The second-order valence-corrected chi connectivity index (χ2v) is 9.04. The quantitative estimate of drug-likeness (QED) is 0.319. The Morgan fingerprint density at radius 2 is 1.97 bits per heavy atom. The van der Waals surface area contributed by atoms with Gasteiger partial charge in [-0.2, -0.15) is 0 Å². The number of hydrogen-bond acceptors (Lipinski definition) is 9. The number of rotatable bonds is 6. The van der Waals surface area contributed by atoms with Gasteiger partial charge in [-0.3, -0.25) is 4.79 Å². The van der Waals surface area contributed by atoms with Gasteiger partial charge in [0.2, 0.25) is 0 Å². The van der Waals surface area contributed by atoms with Crippen LogP contribution < -0.4 is 16.8 Å². The summed E-state index contributed by atoms with van der Waals surface area (Å²) in [6.07, 6.45) is 1.30. The number of nitrogen functional groups attached to an aromatic ring is 2. The lowest BCUT2D eigenvalue weighted by Gasteiger charge is -2.20. The normalized spacial score (nSPS) is 22.9. The molecule has 1 aromatic carbocycles. The van der Waals surface area contributed by atoms with Crippen LogP contribution in [0.5, 0.6) is 0 Å². The lowest BCUT2D eigenvalue weighted by molar-refractivity contribution is 0.0158. The minimum Gasteiger partial charge on any atom is -0.390 e. The zero-order valence-electron chi connectivity index (χ0n) is 17.5. The van der Waals surface area contributed by atoms with Crippen molar-refractivity contribution in [1.29, 1.82) is 0 Å². The van der Waals surface area contributed by atoms with Gasteiger partial charge < -0.3 is 27.0 Å². The number of ketones is 1. The molecule has 0 aliphatic heterocycles.